The third-order valence-electron chi connectivity index (χ3n) is 5.02. The number of hydrogen-bond donors (Lipinski definition) is 1. The molecule has 1 aliphatic heterocycles. The molecule has 1 aromatic rings. The van der Waals surface area contributed by atoms with Crippen molar-refractivity contribution in [3.63, 3.8) is 0 Å². The zero-order valence-electron chi connectivity index (χ0n) is 16.4. The van der Waals surface area contributed by atoms with Gasteiger partial charge in [-0.15, -0.1) is 23.5 Å². The lowest BCUT2D eigenvalue weighted by molar-refractivity contribution is -0.156. The maximum atomic E-state index is 12.3. The van der Waals surface area contributed by atoms with E-state index in [4.69, 9.17) is 9.47 Å². The lowest BCUT2D eigenvalue weighted by Gasteiger charge is -2.20. The van der Waals surface area contributed by atoms with Crippen LogP contribution in [0.5, 0.6) is 5.75 Å². The monoisotopic (exact) mass is 423 g/mol. The summed E-state index contributed by atoms with van der Waals surface area (Å²) in [6.45, 7) is 1.42. The van der Waals surface area contributed by atoms with E-state index in [0.29, 0.717) is 10.3 Å². The van der Waals surface area contributed by atoms with Crippen LogP contribution < -0.4 is 10.1 Å². The summed E-state index contributed by atoms with van der Waals surface area (Å²) in [4.78, 5) is 24.5. The predicted octanol–water partition coefficient (Wildman–Crippen LogP) is 4.31. The summed E-state index contributed by atoms with van der Waals surface area (Å²) >= 11 is 3.78. The van der Waals surface area contributed by atoms with Gasteiger partial charge in [0.1, 0.15) is 5.75 Å². The van der Waals surface area contributed by atoms with Crippen LogP contribution in [0.1, 0.15) is 55.6 Å². The van der Waals surface area contributed by atoms with E-state index >= 15 is 0 Å². The lowest BCUT2D eigenvalue weighted by Crippen LogP contribution is -2.42. The Morgan fingerprint density at radius 3 is 2.50 bits per heavy atom. The van der Waals surface area contributed by atoms with Crippen LogP contribution in [0, 0.1) is 0 Å². The number of para-hydroxylation sites is 1. The number of esters is 1. The molecule has 0 bridgehead atoms. The fraction of sp³-hybridized carbons (Fsp3) is 0.619. The van der Waals surface area contributed by atoms with Gasteiger partial charge in [0, 0.05) is 23.1 Å². The molecule has 0 radical (unpaired) electrons. The van der Waals surface area contributed by atoms with Crippen LogP contribution in [0.15, 0.2) is 24.3 Å². The fourth-order valence-corrected chi connectivity index (χ4v) is 6.42. The van der Waals surface area contributed by atoms with Crippen LogP contribution in [-0.2, 0) is 14.3 Å². The molecule has 1 amide bonds. The Morgan fingerprint density at radius 1 is 1.11 bits per heavy atom. The molecule has 1 aromatic carbocycles. The lowest BCUT2D eigenvalue weighted by atomic mass is 10.1. The van der Waals surface area contributed by atoms with E-state index < -0.39 is 12.1 Å². The summed E-state index contributed by atoms with van der Waals surface area (Å²) in [5.74, 6) is 2.21. The molecule has 5 nitrogen and oxygen atoms in total. The molecular formula is C21H29NO4S2. The number of amides is 1. The summed E-state index contributed by atoms with van der Waals surface area (Å²) in [5, 5.41) is 3.02. The van der Waals surface area contributed by atoms with E-state index in [2.05, 4.69) is 5.32 Å². The first kappa shape index (κ1) is 21.4. The SMILES string of the molecule is C[C@H](OC(=O)COc1ccccc1C1SCCS1)C(=O)NC1CCCCCC1. The summed E-state index contributed by atoms with van der Waals surface area (Å²) in [7, 11) is 0. The van der Waals surface area contributed by atoms with Crippen molar-refractivity contribution in [1.82, 2.24) is 5.32 Å². The van der Waals surface area contributed by atoms with Crippen molar-refractivity contribution in [2.24, 2.45) is 0 Å². The van der Waals surface area contributed by atoms with Crippen molar-refractivity contribution < 1.29 is 19.1 Å². The van der Waals surface area contributed by atoms with Gasteiger partial charge in [-0.3, -0.25) is 4.79 Å². The first-order valence-corrected chi connectivity index (χ1v) is 12.2. The number of rotatable bonds is 7. The molecule has 1 heterocycles. The van der Waals surface area contributed by atoms with Crippen LogP contribution in [0.3, 0.4) is 0 Å². The fourth-order valence-electron chi connectivity index (χ4n) is 3.51. The van der Waals surface area contributed by atoms with Crippen molar-refractivity contribution in [2.45, 2.75) is 62.2 Å². The topological polar surface area (TPSA) is 64.6 Å². The third-order valence-corrected chi connectivity index (χ3v) is 8.09. The Labute approximate surface area is 175 Å². The Bertz CT molecular complexity index is 656. The highest BCUT2D eigenvalue weighted by molar-refractivity contribution is 8.19. The molecule has 1 aliphatic carbocycles. The van der Waals surface area contributed by atoms with Gasteiger partial charge in [-0.05, 0) is 25.8 Å². The summed E-state index contributed by atoms with van der Waals surface area (Å²) in [6, 6.07) is 8.00. The molecule has 2 fully saturated rings. The Morgan fingerprint density at radius 2 is 1.79 bits per heavy atom. The van der Waals surface area contributed by atoms with E-state index in [9.17, 15) is 9.59 Å². The van der Waals surface area contributed by atoms with Crippen molar-refractivity contribution >= 4 is 35.4 Å². The van der Waals surface area contributed by atoms with E-state index in [1.807, 2.05) is 47.8 Å². The summed E-state index contributed by atoms with van der Waals surface area (Å²) in [6.07, 6.45) is 5.94. The maximum absolute atomic E-state index is 12.3. The van der Waals surface area contributed by atoms with Crippen LogP contribution in [0.4, 0.5) is 0 Å². The highest BCUT2D eigenvalue weighted by atomic mass is 32.2. The van der Waals surface area contributed by atoms with Gasteiger partial charge in [-0.25, -0.2) is 4.79 Å². The van der Waals surface area contributed by atoms with Gasteiger partial charge in [0.05, 0.1) is 4.58 Å². The van der Waals surface area contributed by atoms with Crippen molar-refractivity contribution in [1.29, 1.82) is 0 Å². The van der Waals surface area contributed by atoms with Crippen molar-refractivity contribution in [3.05, 3.63) is 29.8 Å². The minimum absolute atomic E-state index is 0.194. The number of hydrogen-bond acceptors (Lipinski definition) is 6. The average Bonchev–Trinajstić information content (AvgIpc) is 3.11. The molecule has 0 spiro atoms. The molecule has 0 aromatic heterocycles. The van der Waals surface area contributed by atoms with Gasteiger partial charge in [0.15, 0.2) is 12.7 Å². The van der Waals surface area contributed by atoms with E-state index in [1.165, 1.54) is 12.8 Å². The molecule has 1 saturated carbocycles. The average molecular weight is 424 g/mol. The van der Waals surface area contributed by atoms with Crippen molar-refractivity contribution in [2.75, 3.05) is 18.1 Å². The largest absolute Gasteiger partial charge is 0.482 e. The molecule has 1 saturated heterocycles. The van der Waals surface area contributed by atoms with E-state index in [-0.39, 0.29) is 18.6 Å². The molecule has 0 unspecified atom stereocenters. The Balaban J connectivity index is 1.45. The molecule has 28 heavy (non-hydrogen) atoms. The van der Waals surface area contributed by atoms with Gasteiger partial charge < -0.3 is 14.8 Å². The van der Waals surface area contributed by atoms with Gasteiger partial charge in [-0.1, -0.05) is 43.9 Å². The van der Waals surface area contributed by atoms with Crippen LogP contribution in [-0.4, -0.2) is 42.1 Å². The molecule has 154 valence electrons. The Hall–Kier alpha value is -1.34. The van der Waals surface area contributed by atoms with E-state index in [0.717, 1.165) is 42.8 Å². The molecule has 2 aliphatic rings. The maximum Gasteiger partial charge on any atom is 0.344 e. The number of ether oxygens (including phenoxy) is 2. The summed E-state index contributed by atoms with van der Waals surface area (Å²) < 4.78 is 11.4. The molecule has 7 heteroatoms. The number of nitrogens with one attached hydrogen (secondary N) is 1. The molecule has 3 rings (SSSR count). The predicted molar refractivity (Wildman–Crippen MR) is 115 cm³/mol. The second-order valence-electron chi connectivity index (χ2n) is 7.23. The van der Waals surface area contributed by atoms with Gasteiger partial charge >= 0.3 is 5.97 Å². The summed E-state index contributed by atoms with van der Waals surface area (Å²) in [5.41, 5.74) is 1.10. The first-order chi connectivity index (χ1) is 13.6. The first-order valence-electron chi connectivity index (χ1n) is 10.1. The minimum Gasteiger partial charge on any atom is -0.482 e. The molecule has 1 atom stereocenters. The number of carbonyl (C=O) groups excluding carboxylic acids is 2. The van der Waals surface area contributed by atoms with Crippen LogP contribution in [0.25, 0.3) is 0 Å². The highest BCUT2D eigenvalue weighted by Crippen LogP contribution is 2.48. The van der Waals surface area contributed by atoms with Crippen molar-refractivity contribution in [3.8, 4) is 5.75 Å². The zero-order valence-corrected chi connectivity index (χ0v) is 18.0. The smallest absolute Gasteiger partial charge is 0.344 e. The molecular weight excluding hydrogens is 394 g/mol. The van der Waals surface area contributed by atoms with E-state index in [1.54, 1.807) is 6.92 Å². The van der Waals surface area contributed by atoms with Gasteiger partial charge in [-0.2, -0.15) is 0 Å². The normalized spacial score (nSPS) is 19.6. The quantitative estimate of drug-likeness (QED) is 0.521. The number of thioether (sulfide) groups is 2. The highest BCUT2D eigenvalue weighted by Gasteiger charge is 2.24. The second kappa shape index (κ2) is 11.0. The van der Waals surface area contributed by atoms with Crippen LogP contribution >= 0.6 is 23.5 Å². The number of carbonyl (C=O) groups is 2. The van der Waals surface area contributed by atoms with Crippen LogP contribution in [0.2, 0.25) is 0 Å². The second-order valence-corrected chi connectivity index (χ2v) is 9.95. The Kier molecular flexibility index (Phi) is 8.40. The van der Waals surface area contributed by atoms with Gasteiger partial charge in [0.2, 0.25) is 0 Å². The standard InChI is InChI=1S/C21H29NO4S2/c1-15(20(24)22-16-8-4-2-3-5-9-16)26-19(23)14-25-18-11-7-6-10-17(18)21-27-12-13-28-21/h6-7,10-11,15-16,21H,2-5,8-9,12-14H2,1H3,(H,22,24)/t15-/m0/s1. The minimum atomic E-state index is -0.810. The van der Waals surface area contributed by atoms with Gasteiger partial charge in [0.25, 0.3) is 5.91 Å². The molecule has 1 N–H and O–H groups in total. The zero-order chi connectivity index (χ0) is 19.8. The number of benzene rings is 1. The third kappa shape index (κ3) is 6.34.